The number of benzene rings is 1. The number of ether oxygens (including phenoxy) is 1. The van der Waals surface area contributed by atoms with Crippen molar-refractivity contribution in [2.24, 2.45) is 5.92 Å². The van der Waals surface area contributed by atoms with Gasteiger partial charge in [-0.25, -0.2) is 0 Å². The van der Waals surface area contributed by atoms with Crippen LogP contribution in [0.4, 0.5) is 11.4 Å². The van der Waals surface area contributed by atoms with Gasteiger partial charge in [0.1, 0.15) is 11.4 Å². The second-order valence-electron chi connectivity index (χ2n) is 4.98. The maximum Gasteiger partial charge on any atom is 0.296 e. The molecule has 0 aliphatic carbocycles. The Morgan fingerprint density at radius 3 is 3.00 bits per heavy atom. The summed E-state index contributed by atoms with van der Waals surface area (Å²) >= 11 is 0. The van der Waals surface area contributed by atoms with E-state index in [2.05, 4.69) is 10.6 Å². The van der Waals surface area contributed by atoms with E-state index in [9.17, 15) is 14.9 Å². The lowest BCUT2D eigenvalue weighted by molar-refractivity contribution is -0.384. The summed E-state index contributed by atoms with van der Waals surface area (Å²) in [6.45, 7) is 3.97. The number of carbonyl (C=O) groups is 1. The maximum absolute atomic E-state index is 12.0. The van der Waals surface area contributed by atoms with Crippen LogP contribution >= 0.6 is 0 Å². The fourth-order valence-electron chi connectivity index (χ4n) is 2.38. The average Bonchev–Trinajstić information content (AvgIpc) is 2.93. The molecule has 1 aliphatic rings. The molecule has 2 rings (SSSR count). The van der Waals surface area contributed by atoms with Gasteiger partial charge in [0.25, 0.3) is 5.69 Å². The van der Waals surface area contributed by atoms with Crippen molar-refractivity contribution in [3.63, 3.8) is 0 Å². The molecule has 1 aliphatic heterocycles. The van der Waals surface area contributed by atoms with Gasteiger partial charge in [0.2, 0.25) is 5.91 Å². The molecule has 2 N–H and O–H groups in total. The Kier molecular flexibility index (Phi) is 5.10. The summed E-state index contributed by atoms with van der Waals surface area (Å²) in [5.41, 5.74) is 0.0539. The molecular formula is C14H19N3O4. The fraction of sp³-hybridized carbons (Fsp3) is 0.500. The molecule has 7 nitrogen and oxygen atoms in total. The zero-order valence-corrected chi connectivity index (χ0v) is 11.9. The second kappa shape index (κ2) is 7.03. The Labute approximate surface area is 122 Å². The molecule has 0 spiro atoms. The third-order valence-electron chi connectivity index (χ3n) is 3.39. The van der Waals surface area contributed by atoms with Gasteiger partial charge in [-0.2, -0.15) is 0 Å². The van der Waals surface area contributed by atoms with Crippen LogP contribution < -0.4 is 15.4 Å². The lowest BCUT2D eigenvalue weighted by Crippen LogP contribution is -2.18. The van der Waals surface area contributed by atoms with E-state index in [1.165, 1.54) is 12.1 Å². The van der Waals surface area contributed by atoms with Crippen LogP contribution in [0.5, 0.6) is 5.75 Å². The highest BCUT2D eigenvalue weighted by Crippen LogP contribution is 2.29. The summed E-state index contributed by atoms with van der Waals surface area (Å²) in [5, 5.41) is 16.9. The highest BCUT2D eigenvalue weighted by atomic mass is 16.6. The fourth-order valence-corrected chi connectivity index (χ4v) is 2.38. The maximum atomic E-state index is 12.0. The van der Waals surface area contributed by atoms with Crippen LogP contribution in [0.2, 0.25) is 0 Å². The molecule has 0 radical (unpaired) electrons. The number of hydrogen-bond donors (Lipinski definition) is 2. The molecule has 1 unspecified atom stereocenters. The van der Waals surface area contributed by atoms with Gasteiger partial charge in [-0.3, -0.25) is 14.9 Å². The van der Waals surface area contributed by atoms with Crippen molar-refractivity contribution in [1.29, 1.82) is 0 Å². The molecule has 1 saturated heterocycles. The highest BCUT2D eigenvalue weighted by molar-refractivity contribution is 5.93. The molecule has 0 aromatic heterocycles. The number of carbonyl (C=O) groups excluding carboxylic acids is 1. The van der Waals surface area contributed by atoms with Gasteiger partial charge in [-0.15, -0.1) is 0 Å². The summed E-state index contributed by atoms with van der Waals surface area (Å²) in [6, 6.07) is 4.45. The average molecular weight is 293 g/mol. The molecule has 1 atom stereocenters. The Morgan fingerprint density at radius 1 is 1.57 bits per heavy atom. The zero-order chi connectivity index (χ0) is 15.2. The number of nitrogens with zero attached hydrogens (tertiary/aromatic N) is 1. The van der Waals surface area contributed by atoms with E-state index in [1.807, 2.05) is 0 Å². The van der Waals surface area contributed by atoms with E-state index in [1.54, 1.807) is 13.0 Å². The van der Waals surface area contributed by atoms with E-state index in [0.29, 0.717) is 24.7 Å². The molecule has 114 valence electrons. The van der Waals surface area contributed by atoms with Crippen LogP contribution in [0.15, 0.2) is 18.2 Å². The Bertz CT molecular complexity index is 527. The molecule has 1 fully saturated rings. The second-order valence-corrected chi connectivity index (χ2v) is 4.98. The number of anilines is 1. The number of hydrogen-bond acceptors (Lipinski definition) is 5. The van der Waals surface area contributed by atoms with Crippen LogP contribution in [-0.2, 0) is 4.79 Å². The molecular weight excluding hydrogens is 274 g/mol. The van der Waals surface area contributed by atoms with Crippen molar-refractivity contribution in [3.05, 3.63) is 28.3 Å². The number of rotatable bonds is 6. The van der Waals surface area contributed by atoms with Gasteiger partial charge in [0.15, 0.2) is 0 Å². The van der Waals surface area contributed by atoms with E-state index < -0.39 is 4.92 Å². The number of nitro benzene ring substituents is 1. The van der Waals surface area contributed by atoms with Gasteiger partial charge in [-0.05, 0) is 44.5 Å². The predicted octanol–water partition coefficient (Wildman–Crippen LogP) is 1.93. The first-order valence-electron chi connectivity index (χ1n) is 7.02. The van der Waals surface area contributed by atoms with E-state index in [0.717, 1.165) is 19.5 Å². The third kappa shape index (κ3) is 4.16. The topological polar surface area (TPSA) is 93.5 Å². The largest absolute Gasteiger partial charge is 0.494 e. The zero-order valence-electron chi connectivity index (χ0n) is 11.9. The van der Waals surface area contributed by atoms with E-state index in [4.69, 9.17) is 4.74 Å². The van der Waals surface area contributed by atoms with Gasteiger partial charge >= 0.3 is 0 Å². The normalized spacial score (nSPS) is 17.5. The first kappa shape index (κ1) is 15.2. The highest BCUT2D eigenvalue weighted by Gasteiger charge is 2.21. The van der Waals surface area contributed by atoms with Gasteiger partial charge in [0.05, 0.1) is 17.6 Å². The van der Waals surface area contributed by atoms with Crippen LogP contribution in [0.1, 0.15) is 19.8 Å². The number of nitro groups is 1. The third-order valence-corrected chi connectivity index (χ3v) is 3.39. The minimum atomic E-state index is -0.519. The Hall–Kier alpha value is -2.15. The quantitative estimate of drug-likeness (QED) is 0.617. The predicted molar refractivity (Wildman–Crippen MR) is 78.5 cm³/mol. The van der Waals surface area contributed by atoms with Gasteiger partial charge in [-0.1, -0.05) is 0 Å². The standard InChI is InChI=1S/C14H19N3O4/c1-2-21-11-3-4-12(13(8-11)17(19)20)16-14(18)7-10-5-6-15-9-10/h3-4,8,10,15H,2,5-7,9H2,1H3,(H,16,18). The first-order chi connectivity index (χ1) is 10.1. The summed E-state index contributed by atoms with van der Waals surface area (Å²) in [7, 11) is 0. The smallest absolute Gasteiger partial charge is 0.296 e. The first-order valence-corrected chi connectivity index (χ1v) is 7.02. The van der Waals surface area contributed by atoms with Crippen LogP contribution in [0.25, 0.3) is 0 Å². The number of nitrogens with one attached hydrogen (secondary N) is 2. The van der Waals surface area contributed by atoms with Gasteiger partial charge in [0, 0.05) is 6.42 Å². The van der Waals surface area contributed by atoms with Crippen molar-refractivity contribution in [2.75, 3.05) is 25.0 Å². The Morgan fingerprint density at radius 2 is 2.38 bits per heavy atom. The molecule has 0 bridgehead atoms. The van der Waals surface area contributed by atoms with Crippen molar-refractivity contribution >= 4 is 17.3 Å². The lowest BCUT2D eigenvalue weighted by Gasteiger charge is -2.10. The van der Waals surface area contributed by atoms with E-state index >= 15 is 0 Å². The van der Waals surface area contributed by atoms with Crippen LogP contribution in [-0.4, -0.2) is 30.5 Å². The Balaban J connectivity index is 2.07. The molecule has 0 saturated carbocycles. The van der Waals surface area contributed by atoms with Gasteiger partial charge < -0.3 is 15.4 Å². The van der Waals surface area contributed by atoms with Crippen molar-refractivity contribution in [3.8, 4) is 5.75 Å². The molecule has 21 heavy (non-hydrogen) atoms. The summed E-state index contributed by atoms with van der Waals surface area (Å²) < 4.78 is 5.24. The van der Waals surface area contributed by atoms with E-state index in [-0.39, 0.29) is 17.3 Å². The number of amides is 1. The van der Waals surface area contributed by atoms with Crippen molar-refractivity contribution < 1.29 is 14.5 Å². The monoisotopic (exact) mass is 293 g/mol. The van der Waals surface area contributed by atoms with Crippen molar-refractivity contribution in [1.82, 2.24) is 5.32 Å². The summed E-state index contributed by atoms with van der Waals surface area (Å²) in [6.07, 6.45) is 1.33. The minimum Gasteiger partial charge on any atom is -0.494 e. The minimum absolute atomic E-state index is 0.154. The molecule has 1 aromatic carbocycles. The lowest BCUT2D eigenvalue weighted by atomic mass is 10.0. The SMILES string of the molecule is CCOc1ccc(NC(=O)CC2CCNC2)c([N+](=O)[O-])c1. The van der Waals surface area contributed by atoms with Crippen LogP contribution in [0, 0.1) is 16.0 Å². The summed E-state index contributed by atoms with van der Waals surface area (Å²) in [4.78, 5) is 22.5. The molecule has 1 amide bonds. The van der Waals surface area contributed by atoms with Crippen LogP contribution in [0.3, 0.4) is 0 Å². The molecule has 1 heterocycles. The van der Waals surface area contributed by atoms with Crippen molar-refractivity contribution in [2.45, 2.75) is 19.8 Å². The molecule has 7 heteroatoms. The summed E-state index contributed by atoms with van der Waals surface area (Å²) in [5.74, 6) is 0.518. The molecule has 1 aromatic rings.